The zero-order valence-electron chi connectivity index (χ0n) is 8.01. The average Bonchev–Trinajstić information content (AvgIpc) is 2.45. The van der Waals surface area contributed by atoms with Gasteiger partial charge in [-0.15, -0.1) is 0 Å². The van der Waals surface area contributed by atoms with E-state index in [0.29, 0.717) is 17.0 Å². The third-order valence-electron chi connectivity index (χ3n) is 1.94. The van der Waals surface area contributed by atoms with Crippen molar-refractivity contribution in [2.45, 2.75) is 19.6 Å². The Balaban J connectivity index is 3.09. The lowest BCUT2D eigenvalue weighted by atomic mass is 10.3. The Kier molecular flexibility index (Phi) is 3.61. The number of hydrogen-bond acceptors (Lipinski definition) is 5. The summed E-state index contributed by atoms with van der Waals surface area (Å²) in [6, 6.07) is 0. The zero-order chi connectivity index (χ0) is 11.6. The minimum Gasteiger partial charge on any atom is -0.477 e. The Morgan fingerprint density at radius 2 is 2.20 bits per heavy atom. The molecule has 7 heteroatoms. The van der Waals surface area contributed by atoms with Crippen LogP contribution >= 0.6 is 11.3 Å². The molecule has 1 atom stereocenters. The molecule has 1 aromatic rings. The van der Waals surface area contributed by atoms with Crippen LogP contribution in [0.3, 0.4) is 0 Å². The third-order valence-corrected chi connectivity index (χ3v) is 3.01. The van der Waals surface area contributed by atoms with Gasteiger partial charge in [-0.05, 0) is 6.92 Å². The summed E-state index contributed by atoms with van der Waals surface area (Å²) in [7, 11) is 0. The van der Waals surface area contributed by atoms with Crippen molar-refractivity contribution >= 4 is 17.3 Å². The molecule has 0 aromatic carbocycles. The standard InChI is InChI=1S/C8H11NO5S/c1-4-6(7(12)13)15-8(14)9(4)2-5(11)3-10/h5,10-11H,2-3H2,1H3,(H,12,13). The first-order chi connectivity index (χ1) is 6.97. The van der Waals surface area contributed by atoms with E-state index in [2.05, 4.69) is 0 Å². The maximum atomic E-state index is 11.3. The SMILES string of the molecule is Cc1c(C(=O)O)sc(=O)n1CC(O)CO. The van der Waals surface area contributed by atoms with Crippen molar-refractivity contribution in [1.29, 1.82) is 0 Å². The molecular formula is C8H11NO5S. The molecule has 0 radical (unpaired) electrons. The van der Waals surface area contributed by atoms with Gasteiger partial charge in [0.1, 0.15) is 4.88 Å². The Labute approximate surface area is 89.0 Å². The van der Waals surface area contributed by atoms with Gasteiger partial charge < -0.3 is 15.3 Å². The minimum atomic E-state index is -1.16. The molecule has 1 unspecified atom stereocenters. The highest BCUT2D eigenvalue weighted by Gasteiger charge is 2.18. The molecule has 1 heterocycles. The molecule has 0 aliphatic rings. The fourth-order valence-electron chi connectivity index (χ4n) is 1.15. The molecule has 0 spiro atoms. The van der Waals surface area contributed by atoms with Crippen molar-refractivity contribution in [3.63, 3.8) is 0 Å². The van der Waals surface area contributed by atoms with Crippen LogP contribution in [0.5, 0.6) is 0 Å². The molecule has 0 bridgehead atoms. The molecule has 0 fully saturated rings. The quantitative estimate of drug-likeness (QED) is 0.636. The lowest BCUT2D eigenvalue weighted by Crippen LogP contribution is -2.26. The van der Waals surface area contributed by atoms with E-state index < -0.39 is 23.6 Å². The molecule has 1 aromatic heterocycles. The van der Waals surface area contributed by atoms with Gasteiger partial charge in [0.05, 0.1) is 19.3 Å². The van der Waals surface area contributed by atoms with Crippen molar-refractivity contribution in [1.82, 2.24) is 4.57 Å². The van der Waals surface area contributed by atoms with Crippen LogP contribution in [0.4, 0.5) is 0 Å². The predicted octanol–water partition coefficient (Wildman–Crippen LogP) is -0.730. The van der Waals surface area contributed by atoms with Gasteiger partial charge in [0.2, 0.25) is 0 Å². The highest BCUT2D eigenvalue weighted by molar-refractivity contribution is 7.11. The number of nitrogens with zero attached hydrogens (tertiary/aromatic N) is 1. The molecule has 15 heavy (non-hydrogen) atoms. The molecule has 0 saturated carbocycles. The molecule has 0 aliphatic heterocycles. The highest BCUT2D eigenvalue weighted by Crippen LogP contribution is 2.11. The van der Waals surface area contributed by atoms with Gasteiger partial charge in [0.15, 0.2) is 0 Å². The summed E-state index contributed by atoms with van der Waals surface area (Å²) in [4.78, 5) is 21.5. The average molecular weight is 233 g/mol. The first-order valence-electron chi connectivity index (χ1n) is 4.19. The largest absolute Gasteiger partial charge is 0.477 e. The van der Waals surface area contributed by atoms with E-state index >= 15 is 0 Å². The van der Waals surface area contributed by atoms with Crippen LogP contribution in [-0.2, 0) is 6.54 Å². The Morgan fingerprint density at radius 1 is 1.60 bits per heavy atom. The van der Waals surface area contributed by atoms with Crippen LogP contribution in [0.1, 0.15) is 15.4 Å². The minimum absolute atomic E-state index is 0.0369. The van der Waals surface area contributed by atoms with Crippen molar-refractivity contribution in [3.8, 4) is 0 Å². The van der Waals surface area contributed by atoms with Gasteiger partial charge in [0.25, 0.3) is 0 Å². The second-order valence-corrected chi connectivity index (χ2v) is 4.00. The molecule has 3 N–H and O–H groups in total. The normalized spacial score (nSPS) is 12.7. The van der Waals surface area contributed by atoms with Crippen LogP contribution in [0.2, 0.25) is 0 Å². The van der Waals surface area contributed by atoms with E-state index in [1.807, 2.05) is 0 Å². The van der Waals surface area contributed by atoms with Crippen LogP contribution < -0.4 is 4.87 Å². The highest BCUT2D eigenvalue weighted by atomic mass is 32.1. The summed E-state index contributed by atoms with van der Waals surface area (Å²) in [5.74, 6) is -1.16. The van der Waals surface area contributed by atoms with Crippen molar-refractivity contribution in [3.05, 3.63) is 20.2 Å². The molecule has 0 aliphatic carbocycles. The number of hydrogen-bond donors (Lipinski definition) is 3. The molecule has 1 rings (SSSR count). The lowest BCUT2D eigenvalue weighted by Gasteiger charge is -2.08. The number of carbonyl (C=O) groups is 1. The predicted molar refractivity (Wildman–Crippen MR) is 53.4 cm³/mol. The van der Waals surface area contributed by atoms with Gasteiger partial charge in [-0.3, -0.25) is 9.36 Å². The summed E-state index contributed by atoms with van der Waals surface area (Å²) < 4.78 is 1.15. The van der Waals surface area contributed by atoms with Crippen LogP contribution in [0, 0.1) is 6.92 Å². The van der Waals surface area contributed by atoms with Gasteiger partial charge in [-0.2, -0.15) is 0 Å². The summed E-state index contributed by atoms with van der Waals surface area (Å²) in [5.41, 5.74) is 0.296. The van der Waals surface area contributed by atoms with E-state index in [4.69, 9.17) is 15.3 Å². The summed E-state index contributed by atoms with van der Waals surface area (Å²) >= 11 is 0.617. The number of thiazole rings is 1. The number of aliphatic hydroxyl groups excluding tert-OH is 2. The fraction of sp³-hybridized carbons (Fsp3) is 0.500. The number of carboxylic acid groups (broad SMARTS) is 1. The Morgan fingerprint density at radius 3 is 2.60 bits per heavy atom. The summed E-state index contributed by atoms with van der Waals surface area (Å²) in [6.45, 7) is 0.931. The number of aliphatic hydroxyl groups is 2. The first-order valence-corrected chi connectivity index (χ1v) is 5.01. The van der Waals surface area contributed by atoms with Gasteiger partial charge in [-0.1, -0.05) is 11.3 Å². The first kappa shape index (κ1) is 11.9. The smallest absolute Gasteiger partial charge is 0.347 e. The van der Waals surface area contributed by atoms with Crippen LogP contribution in [0.15, 0.2) is 4.79 Å². The van der Waals surface area contributed by atoms with Crippen molar-refractivity contribution in [2.24, 2.45) is 0 Å². The van der Waals surface area contributed by atoms with Gasteiger partial charge in [-0.25, -0.2) is 4.79 Å². The summed E-state index contributed by atoms with van der Waals surface area (Å²) in [5, 5.41) is 26.5. The van der Waals surface area contributed by atoms with E-state index in [9.17, 15) is 9.59 Å². The third kappa shape index (κ3) is 2.44. The van der Waals surface area contributed by atoms with E-state index in [1.54, 1.807) is 0 Å². The molecule has 0 saturated heterocycles. The van der Waals surface area contributed by atoms with Gasteiger partial charge >= 0.3 is 10.8 Å². The molecular weight excluding hydrogens is 222 g/mol. The monoisotopic (exact) mass is 233 g/mol. The maximum Gasteiger partial charge on any atom is 0.347 e. The van der Waals surface area contributed by atoms with E-state index in [-0.39, 0.29) is 11.4 Å². The van der Waals surface area contributed by atoms with Crippen LogP contribution in [0.25, 0.3) is 0 Å². The summed E-state index contributed by atoms with van der Waals surface area (Å²) in [6.07, 6.45) is -1.06. The number of aromatic carboxylic acids is 1. The number of rotatable bonds is 4. The second-order valence-electron chi connectivity index (χ2n) is 3.03. The topological polar surface area (TPSA) is 99.8 Å². The zero-order valence-corrected chi connectivity index (χ0v) is 8.82. The second kappa shape index (κ2) is 4.56. The van der Waals surface area contributed by atoms with Crippen molar-refractivity contribution < 1.29 is 20.1 Å². The maximum absolute atomic E-state index is 11.3. The number of aromatic nitrogens is 1. The number of carboxylic acids is 1. The van der Waals surface area contributed by atoms with Crippen molar-refractivity contribution in [2.75, 3.05) is 6.61 Å². The Bertz CT molecular complexity index is 421. The fourth-order valence-corrected chi connectivity index (χ4v) is 2.00. The van der Waals surface area contributed by atoms with Gasteiger partial charge in [0, 0.05) is 5.69 Å². The van der Waals surface area contributed by atoms with E-state index in [0.717, 1.165) is 4.57 Å². The van der Waals surface area contributed by atoms with Crippen LogP contribution in [-0.4, -0.2) is 38.6 Å². The lowest BCUT2D eigenvalue weighted by molar-refractivity contribution is 0.0697. The molecule has 84 valence electrons. The molecule has 0 amide bonds. The Hall–Kier alpha value is -1.18. The molecule has 6 nitrogen and oxygen atoms in total. The van der Waals surface area contributed by atoms with E-state index in [1.165, 1.54) is 6.92 Å².